The Kier molecular flexibility index (Phi) is 4.03. The summed E-state index contributed by atoms with van der Waals surface area (Å²) in [6.07, 6.45) is 4.37. The lowest BCUT2D eigenvalue weighted by Gasteiger charge is -2.33. The van der Waals surface area contributed by atoms with Crippen molar-refractivity contribution in [2.75, 3.05) is 13.1 Å². The van der Waals surface area contributed by atoms with Gasteiger partial charge in [-0.15, -0.1) is 0 Å². The predicted octanol–water partition coefficient (Wildman–Crippen LogP) is 3.69. The van der Waals surface area contributed by atoms with Gasteiger partial charge in [-0.05, 0) is 37.5 Å². The minimum absolute atomic E-state index is 0.556. The van der Waals surface area contributed by atoms with Crippen molar-refractivity contribution in [2.24, 2.45) is 0 Å². The van der Waals surface area contributed by atoms with Gasteiger partial charge in [-0.3, -0.25) is 4.90 Å². The summed E-state index contributed by atoms with van der Waals surface area (Å²) in [6.45, 7) is 5.48. The Morgan fingerprint density at radius 1 is 1.20 bits per heavy atom. The molecule has 0 amide bonds. The van der Waals surface area contributed by atoms with Gasteiger partial charge in [-0.25, -0.2) is 0 Å². The fourth-order valence-electron chi connectivity index (χ4n) is 3.10. The Morgan fingerprint density at radius 2 is 1.90 bits per heavy atom. The summed E-state index contributed by atoms with van der Waals surface area (Å²) < 4.78 is 3.15. The van der Waals surface area contributed by atoms with Crippen LogP contribution in [0.4, 0.5) is 0 Å². The largest absolute Gasteiger partial charge is 0.337 e. The van der Waals surface area contributed by atoms with Gasteiger partial charge in [0.2, 0.25) is 0 Å². The second kappa shape index (κ2) is 5.94. The first kappa shape index (κ1) is 13.6. The quantitative estimate of drug-likeness (QED) is 0.871. The summed E-state index contributed by atoms with van der Waals surface area (Å²) in [7, 11) is 0. The van der Waals surface area contributed by atoms with Crippen molar-refractivity contribution in [1.29, 1.82) is 0 Å². The molecule has 1 aromatic carbocycles. The van der Waals surface area contributed by atoms with Crippen LogP contribution >= 0.6 is 12.2 Å². The number of likely N-dealkylation sites (tertiary alicyclic amines) is 1. The summed E-state index contributed by atoms with van der Waals surface area (Å²) in [5.41, 5.74) is 2.65. The highest BCUT2D eigenvalue weighted by Gasteiger charge is 2.21. The van der Waals surface area contributed by atoms with Crippen molar-refractivity contribution < 1.29 is 0 Å². The Morgan fingerprint density at radius 3 is 2.50 bits per heavy atom. The van der Waals surface area contributed by atoms with E-state index in [1.54, 1.807) is 0 Å². The molecule has 2 heterocycles. The number of H-pyrrole nitrogens is 1. The zero-order valence-electron chi connectivity index (χ0n) is 11.9. The lowest BCUT2D eigenvalue weighted by atomic mass is 10.0. The van der Waals surface area contributed by atoms with E-state index < -0.39 is 0 Å². The number of aryl methyl sites for hydroxylation is 1. The third-order valence-electron chi connectivity index (χ3n) is 4.17. The molecule has 3 rings (SSSR count). The van der Waals surface area contributed by atoms with Crippen molar-refractivity contribution >= 4 is 12.2 Å². The number of benzene rings is 1. The molecule has 0 radical (unpaired) electrons. The zero-order valence-corrected chi connectivity index (χ0v) is 12.7. The normalized spacial score (nSPS) is 17.4. The lowest BCUT2D eigenvalue weighted by molar-refractivity contribution is 0.178. The van der Waals surface area contributed by atoms with Crippen molar-refractivity contribution in [2.45, 2.75) is 32.4 Å². The standard InChI is InChI=1S/C16H21N3S/c1-13-11-17-16(20)19(13)15-7-9-18(10-8-15)12-14-5-3-2-4-6-14/h2-6,11,15H,7-10,12H2,1H3,(H,17,20). The second-order valence-electron chi connectivity index (χ2n) is 5.60. The summed E-state index contributed by atoms with van der Waals surface area (Å²) >= 11 is 5.38. The smallest absolute Gasteiger partial charge is 0.177 e. The molecule has 1 N–H and O–H groups in total. The average Bonchev–Trinajstić information content (AvgIpc) is 2.81. The molecule has 4 heteroatoms. The molecule has 0 bridgehead atoms. The maximum atomic E-state index is 5.38. The van der Waals surface area contributed by atoms with E-state index >= 15 is 0 Å². The predicted molar refractivity (Wildman–Crippen MR) is 84.3 cm³/mol. The fourth-order valence-corrected chi connectivity index (χ4v) is 3.45. The van der Waals surface area contributed by atoms with E-state index in [2.05, 4.69) is 51.7 Å². The summed E-state index contributed by atoms with van der Waals surface area (Å²) in [5.74, 6) is 0. The number of aromatic amines is 1. The first-order valence-corrected chi connectivity index (χ1v) is 7.67. The first-order chi connectivity index (χ1) is 9.74. The maximum Gasteiger partial charge on any atom is 0.177 e. The third kappa shape index (κ3) is 2.86. The fraction of sp³-hybridized carbons (Fsp3) is 0.438. The number of piperidine rings is 1. The summed E-state index contributed by atoms with van der Waals surface area (Å²) in [5, 5.41) is 0. The molecule has 0 spiro atoms. The first-order valence-electron chi connectivity index (χ1n) is 7.27. The van der Waals surface area contributed by atoms with Crippen molar-refractivity contribution in [3.63, 3.8) is 0 Å². The van der Waals surface area contributed by atoms with Crippen LogP contribution in [-0.2, 0) is 6.54 Å². The SMILES string of the molecule is Cc1c[nH]c(=S)n1C1CCN(Cc2ccccc2)CC1. The molecule has 1 aliphatic heterocycles. The van der Waals surface area contributed by atoms with Gasteiger partial charge >= 0.3 is 0 Å². The highest BCUT2D eigenvalue weighted by Crippen LogP contribution is 2.25. The summed E-state index contributed by atoms with van der Waals surface area (Å²) in [4.78, 5) is 5.69. The Balaban J connectivity index is 1.61. The molecular formula is C16H21N3S. The topological polar surface area (TPSA) is 24.0 Å². The minimum Gasteiger partial charge on any atom is -0.337 e. The number of hydrogen-bond donors (Lipinski definition) is 1. The van der Waals surface area contributed by atoms with Gasteiger partial charge in [0.15, 0.2) is 4.77 Å². The van der Waals surface area contributed by atoms with Crippen LogP contribution in [0.3, 0.4) is 0 Å². The van der Waals surface area contributed by atoms with Crippen molar-refractivity contribution in [1.82, 2.24) is 14.5 Å². The van der Waals surface area contributed by atoms with Gasteiger partial charge in [0, 0.05) is 37.6 Å². The molecule has 3 nitrogen and oxygen atoms in total. The molecule has 2 aromatic rings. The third-order valence-corrected chi connectivity index (χ3v) is 4.49. The Hall–Kier alpha value is -1.39. The molecule has 1 saturated heterocycles. The van der Waals surface area contributed by atoms with E-state index in [-0.39, 0.29) is 0 Å². The van der Waals surface area contributed by atoms with Crippen molar-refractivity contribution in [3.05, 3.63) is 52.6 Å². The van der Waals surface area contributed by atoms with Crippen LogP contribution < -0.4 is 0 Å². The molecule has 1 aliphatic rings. The lowest BCUT2D eigenvalue weighted by Crippen LogP contribution is -2.34. The van der Waals surface area contributed by atoms with Crippen LogP contribution in [0.25, 0.3) is 0 Å². The van der Waals surface area contributed by atoms with E-state index in [1.165, 1.54) is 24.1 Å². The van der Waals surface area contributed by atoms with Crippen LogP contribution in [0.1, 0.15) is 30.1 Å². The van der Waals surface area contributed by atoms with E-state index in [0.29, 0.717) is 6.04 Å². The van der Waals surface area contributed by atoms with Gasteiger partial charge in [0.25, 0.3) is 0 Å². The number of rotatable bonds is 3. The second-order valence-corrected chi connectivity index (χ2v) is 5.98. The van der Waals surface area contributed by atoms with Gasteiger partial charge in [-0.1, -0.05) is 30.3 Å². The van der Waals surface area contributed by atoms with Gasteiger partial charge < -0.3 is 9.55 Å². The van der Waals surface area contributed by atoms with Crippen LogP contribution in [-0.4, -0.2) is 27.5 Å². The Bertz CT molecular complexity index is 606. The van der Waals surface area contributed by atoms with Crippen LogP contribution in [0.5, 0.6) is 0 Å². The monoisotopic (exact) mass is 287 g/mol. The van der Waals surface area contributed by atoms with Gasteiger partial charge in [-0.2, -0.15) is 0 Å². The molecule has 106 valence electrons. The number of hydrogen-bond acceptors (Lipinski definition) is 2. The zero-order chi connectivity index (χ0) is 13.9. The Labute approximate surface area is 125 Å². The maximum absolute atomic E-state index is 5.38. The number of imidazole rings is 1. The van der Waals surface area contributed by atoms with Crippen LogP contribution in [0.2, 0.25) is 0 Å². The highest BCUT2D eigenvalue weighted by molar-refractivity contribution is 7.71. The molecule has 0 aliphatic carbocycles. The summed E-state index contributed by atoms with van der Waals surface area (Å²) in [6, 6.07) is 11.3. The molecule has 0 saturated carbocycles. The minimum atomic E-state index is 0.556. The van der Waals surface area contributed by atoms with E-state index in [0.717, 1.165) is 24.4 Å². The molecule has 1 fully saturated rings. The highest BCUT2D eigenvalue weighted by atomic mass is 32.1. The number of nitrogens with zero attached hydrogens (tertiary/aromatic N) is 2. The average molecular weight is 287 g/mol. The van der Waals surface area contributed by atoms with E-state index in [4.69, 9.17) is 12.2 Å². The van der Waals surface area contributed by atoms with E-state index in [1.807, 2.05) is 6.20 Å². The van der Waals surface area contributed by atoms with Crippen LogP contribution in [0.15, 0.2) is 36.5 Å². The molecule has 0 atom stereocenters. The molecular weight excluding hydrogens is 266 g/mol. The van der Waals surface area contributed by atoms with Gasteiger partial charge in [0.05, 0.1) is 0 Å². The van der Waals surface area contributed by atoms with E-state index in [9.17, 15) is 0 Å². The molecule has 1 aromatic heterocycles. The van der Waals surface area contributed by atoms with Crippen LogP contribution in [0, 0.1) is 11.7 Å². The number of aromatic nitrogens is 2. The van der Waals surface area contributed by atoms with Crippen molar-refractivity contribution in [3.8, 4) is 0 Å². The molecule has 20 heavy (non-hydrogen) atoms. The molecule has 0 unspecified atom stereocenters. The number of nitrogens with one attached hydrogen (secondary N) is 1. The van der Waals surface area contributed by atoms with Gasteiger partial charge in [0.1, 0.15) is 0 Å².